The van der Waals surface area contributed by atoms with Crippen LogP contribution < -0.4 is 10.6 Å². The lowest BCUT2D eigenvalue weighted by Gasteiger charge is -2.34. The summed E-state index contributed by atoms with van der Waals surface area (Å²) in [6.45, 7) is 4.54. The lowest BCUT2D eigenvalue weighted by molar-refractivity contribution is 0.0558. The van der Waals surface area contributed by atoms with Crippen LogP contribution in [0, 0.1) is 6.92 Å². The molecule has 6 heteroatoms. The molecular formula is C17H19ClN4O. The maximum absolute atomic E-state index is 6.36. The van der Waals surface area contributed by atoms with Gasteiger partial charge in [0.2, 0.25) is 5.95 Å². The van der Waals surface area contributed by atoms with E-state index in [4.69, 9.17) is 22.1 Å². The number of fused-ring (bicyclic) bond motifs is 2. The molecular weight excluding hydrogens is 312 g/mol. The Labute approximate surface area is 140 Å². The minimum absolute atomic E-state index is 0.102. The summed E-state index contributed by atoms with van der Waals surface area (Å²) in [7, 11) is 0. The van der Waals surface area contributed by atoms with Crippen molar-refractivity contribution in [3.05, 3.63) is 40.5 Å². The zero-order valence-corrected chi connectivity index (χ0v) is 13.8. The molecule has 0 unspecified atom stereocenters. The number of benzene rings is 1. The Morgan fingerprint density at radius 3 is 2.87 bits per heavy atom. The van der Waals surface area contributed by atoms with Crippen LogP contribution in [-0.2, 0) is 10.2 Å². The van der Waals surface area contributed by atoms with Gasteiger partial charge < -0.3 is 15.4 Å². The minimum Gasteiger partial charge on any atom is -0.381 e. The third kappa shape index (κ3) is 2.35. The van der Waals surface area contributed by atoms with Gasteiger partial charge >= 0.3 is 0 Å². The Morgan fingerprint density at radius 2 is 2.09 bits per heavy atom. The first-order valence-corrected chi connectivity index (χ1v) is 8.21. The van der Waals surface area contributed by atoms with Gasteiger partial charge in [-0.05, 0) is 37.0 Å². The molecule has 0 amide bonds. The van der Waals surface area contributed by atoms with Gasteiger partial charge in [-0.15, -0.1) is 0 Å². The normalized spacial score (nSPS) is 19.1. The van der Waals surface area contributed by atoms with Crippen molar-refractivity contribution in [3.63, 3.8) is 0 Å². The number of nitrogens with two attached hydrogens (primary N) is 1. The highest BCUT2D eigenvalue weighted by atomic mass is 35.5. The Bertz CT molecular complexity index is 758. The zero-order valence-electron chi connectivity index (χ0n) is 13.1. The summed E-state index contributed by atoms with van der Waals surface area (Å²) in [6, 6.07) is 6.62. The molecule has 0 atom stereocenters. The second kappa shape index (κ2) is 5.35. The highest BCUT2D eigenvalue weighted by Crippen LogP contribution is 2.50. The predicted molar refractivity (Wildman–Crippen MR) is 91.4 cm³/mol. The van der Waals surface area contributed by atoms with Gasteiger partial charge in [0, 0.05) is 30.9 Å². The van der Waals surface area contributed by atoms with E-state index in [1.165, 1.54) is 16.8 Å². The van der Waals surface area contributed by atoms with Crippen LogP contribution in [0.15, 0.2) is 24.4 Å². The van der Waals surface area contributed by atoms with Gasteiger partial charge in [0.15, 0.2) is 5.82 Å². The van der Waals surface area contributed by atoms with Crippen LogP contribution in [0.4, 0.5) is 17.5 Å². The van der Waals surface area contributed by atoms with Gasteiger partial charge in [0.05, 0.1) is 6.20 Å². The molecule has 2 aliphatic heterocycles. The molecule has 1 spiro atoms. The van der Waals surface area contributed by atoms with Crippen molar-refractivity contribution < 1.29 is 4.74 Å². The molecule has 5 nitrogen and oxygen atoms in total. The maximum atomic E-state index is 6.36. The average Bonchev–Trinajstić information content (AvgIpc) is 2.84. The SMILES string of the molecule is Cc1ccc2c(c1)N(c1nc(N)ncc1Cl)CC21CCOCC1. The molecule has 1 saturated heterocycles. The second-order valence-electron chi connectivity index (χ2n) is 6.40. The van der Waals surface area contributed by atoms with Gasteiger partial charge in [-0.25, -0.2) is 4.98 Å². The first-order chi connectivity index (χ1) is 11.1. The smallest absolute Gasteiger partial charge is 0.222 e. The Kier molecular flexibility index (Phi) is 3.43. The quantitative estimate of drug-likeness (QED) is 0.869. The van der Waals surface area contributed by atoms with Gasteiger partial charge in [-0.3, -0.25) is 0 Å². The number of rotatable bonds is 1. The van der Waals surface area contributed by atoms with Crippen LogP contribution in [-0.4, -0.2) is 29.7 Å². The van der Waals surface area contributed by atoms with Crippen molar-refractivity contribution in [1.82, 2.24) is 9.97 Å². The standard InChI is InChI=1S/C17H19ClN4O/c1-11-2-3-12-14(8-11)22(10-17(12)4-6-23-7-5-17)15-13(18)9-20-16(19)21-15/h2-3,8-9H,4-7,10H2,1H3,(H2,19,20,21). The first kappa shape index (κ1) is 14.7. The second-order valence-corrected chi connectivity index (χ2v) is 6.81. The van der Waals surface area contributed by atoms with Crippen molar-refractivity contribution in [2.75, 3.05) is 30.4 Å². The van der Waals surface area contributed by atoms with E-state index < -0.39 is 0 Å². The number of nitrogen functional groups attached to an aromatic ring is 1. The fourth-order valence-electron chi connectivity index (χ4n) is 3.73. The third-order valence-electron chi connectivity index (χ3n) is 4.93. The van der Waals surface area contributed by atoms with Crippen LogP contribution in [0.25, 0.3) is 0 Å². The third-order valence-corrected chi connectivity index (χ3v) is 5.19. The average molecular weight is 331 g/mol. The number of anilines is 3. The van der Waals surface area contributed by atoms with Gasteiger partial charge in [-0.1, -0.05) is 23.7 Å². The van der Waals surface area contributed by atoms with E-state index in [2.05, 4.69) is 40.0 Å². The molecule has 1 fully saturated rings. The molecule has 2 aliphatic rings. The predicted octanol–water partition coefficient (Wildman–Crippen LogP) is 3.22. The summed E-state index contributed by atoms with van der Waals surface area (Å²) in [5.41, 5.74) is 9.64. The van der Waals surface area contributed by atoms with E-state index in [0.717, 1.165) is 32.6 Å². The number of hydrogen-bond acceptors (Lipinski definition) is 5. The number of halogens is 1. The van der Waals surface area contributed by atoms with E-state index in [0.29, 0.717) is 10.8 Å². The first-order valence-electron chi connectivity index (χ1n) is 7.83. The Morgan fingerprint density at radius 1 is 1.30 bits per heavy atom. The summed E-state index contributed by atoms with van der Waals surface area (Å²) in [4.78, 5) is 10.6. The number of aromatic nitrogens is 2. The molecule has 1 aromatic heterocycles. The molecule has 0 bridgehead atoms. The van der Waals surface area contributed by atoms with Gasteiger partial charge in [0.25, 0.3) is 0 Å². The molecule has 23 heavy (non-hydrogen) atoms. The van der Waals surface area contributed by atoms with E-state index in [1.807, 2.05) is 0 Å². The lowest BCUT2D eigenvalue weighted by atomic mass is 9.76. The van der Waals surface area contributed by atoms with Crippen LogP contribution >= 0.6 is 11.6 Å². The van der Waals surface area contributed by atoms with E-state index >= 15 is 0 Å². The Balaban J connectivity index is 1.86. The Hall–Kier alpha value is -1.85. The molecule has 4 rings (SSSR count). The van der Waals surface area contributed by atoms with Crippen molar-refractivity contribution in [2.24, 2.45) is 0 Å². The largest absolute Gasteiger partial charge is 0.381 e. The van der Waals surface area contributed by atoms with Crippen molar-refractivity contribution >= 4 is 29.1 Å². The number of aryl methyl sites for hydroxylation is 1. The molecule has 2 aromatic rings. The van der Waals surface area contributed by atoms with Crippen LogP contribution in [0.5, 0.6) is 0 Å². The molecule has 0 radical (unpaired) electrons. The monoisotopic (exact) mass is 330 g/mol. The van der Waals surface area contributed by atoms with Gasteiger partial charge in [-0.2, -0.15) is 4.98 Å². The van der Waals surface area contributed by atoms with Crippen molar-refractivity contribution in [2.45, 2.75) is 25.2 Å². The highest BCUT2D eigenvalue weighted by Gasteiger charge is 2.44. The van der Waals surface area contributed by atoms with E-state index in [1.54, 1.807) is 6.20 Å². The number of hydrogen-bond donors (Lipinski definition) is 1. The lowest BCUT2D eigenvalue weighted by Crippen LogP contribution is -2.37. The van der Waals surface area contributed by atoms with Crippen LogP contribution in [0.2, 0.25) is 5.02 Å². The van der Waals surface area contributed by atoms with E-state index in [-0.39, 0.29) is 11.4 Å². The highest BCUT2D eigenvalue weighted by molar-refractivity contribution is 6.33. The fourth-order valence-corrected chi connectivity index (χ4v) is 3.92. The summed E-state index contributed by atoms with van der Waals surface area (Å²) >= 11 is 6.36. The van der Waals surface area contributed by atoms with Gasteiger partial charge in [0.1, 0.15) is 5.02 Å². The van der Waals surface area contributed by atoms with Crippen molar-refractivity contribution in [1.29, 1.82) is 0 Å². The van der Waals surface area contributed by atoms with Crippen LogP contribution in [0.1, 0.15) is 24.0 Å². The molecule has 2 N–H and O–H groups in total. The molecule has 0 saturated carbocycles. The summed E-state index contributed by atoms with van der Waals surface area (Å²) in [5, 5.41) is 0.524. The van der Waals surface area contributed by atoms with Crippen LogP contribution in [0.3, 0.4) is 0 Å². The topological polar surface area (TPSA) is 64.3 Å². The maximum Gasteiger partial charge on any atom is 0.222 e. The number of ether oxygens (including phenoxy) is 1. The molecule has 120 valence electrons. The van der Waals surface area contributed by atoms with E-state index in [9.17, 15) is 0 Å². The zero-order chi connectivity index (χ0) is 16.0. The summed E-state index contributed by atoms with van der Waals surface area (Å²) < 4.78 is 5.59. The number of nitrogens with zero attached hydrogens (tertiary/aromatic N) is 3. The molecule has 1 aromatic carbocycles. The van der Waals surface area contributed by atoms with Crippen molar-refractivity contribution in [3.8, 4) is 0 Å². The molecule has 3 heterocycles. The molecule has 0 aliphatic carbocycles. The fraction of sp³-hybridized carbons (Fsp3) is 0.412. The summed E-state index contributed by atoms with van der Waals surface area (Å²) in [5.74, 6) is 0.931. The summed E-state index contributed by atoms with van der Waals surface area (Å²) in [6.07, 6.45) is 3.60. The minimum atomic E-state index is 0.102.